The third-order valence-corrected chi connectivity index (χ3v) is 3.92. The van der Waals surface area contributed by atoms with Gasteiger partial charge in [-0.15, -0.1) is 0 Å². The van der Waals surface area contributed by atoms with E-state index in [1.165, 1.54) is 0 Å². The fourth-order valence-electron chi connectivity index (χ4n) is 2.64. The lowest BCUT2D eigenvalue weighted by molar-refractivity contribution is -0.130. The lowest BCUT2D eigenvalue weighted by Gasteiger charge is -2.23. The van der Waals surface area contributed by atoms with Gasteiger partial charge in [-0.1, -0.05) is 35.8 Å². The van der Waals surface area contributed by atoms with Crippen molar-refractivity contribution < 1.29 is 9.32 Å². The van der Waals surface area contributed by atoms with Crippen LogP contribution in [0.25, 0.3) is 11.4 Å². The maximum absolute atomic E-state index is 11.9. The highest BCUT2D eigenvalue weighted by Gasteiger charge is 2.31. The van der Waals surface area contributed by atoms with E-state index in [0.717, 1.165) is 24.9 Å². The molecule has 0 radical (unpaired) electrons. The molecule has 1 unspecified atom stereocenters. The maximum Gasteiger partial charge on any atom is 0.249 e. The molecule has 2 aromatic rings. The van der Waals surface area contributed by atoms with Crippen LogP contribution in [0.2, 0.25) is 5.02 Å². The summed E-state index contributed by atoms with van der Waals surface area (Å²) in [5.74, 6) is 1.14. The van der Waals surface area contributed by atoms with Crippen molar-refractivity contribution in [1.82, 2.24) is 15.0 Å². The van der Waals surface area contributed by atoms with Crippen LogP contribution in [0.15, 0.2) is 28.8 Å². The summed E-state index contributed by atoms with van der Waals surface area (Å²) >= 11 is 5.98. The highest BCUT2D eigenvalue weighted by atomic mass is 35.5. The van der Waals surface area contributed by atoms with Crippen molar-refractivity contribution in [2.24, 2.45) is 0 Å². The Kier molecular flexibility index (Phi) is 3.92. The van der Waals surface area contributed by atoms with Gasteiger partial charge in [0.15, 0.2) is 0 Å². The Morgan fingerprint density at radius 2 is 2.33 bits per heavy atom. The minimum Gasteiger partial charge on any atom is -0.337 e. The van der Waals surface area contributed by atoms with Gasteiger partial charge in [0, 0.05) is 23.6 Å². The Morgan fingerprint density at radius 1 is 1.48 bits per heavy atom. The van der Waals surface area contributed by atoms with Crippen LogP contribution in [0, 0.1) is 0 Å². The Balaban J connectivity index is 1.88. The maximum atomic E-state index is 11.9. The van der Waals surface area contributed by atoms with E-state index in [-0.39, 0.29) is 11.9 Å². The first kappa shape index (κ1) is 14.1. The van der Waals surface area contributed by atoms with E-state index >= 15 is 0 Å². The predicted octanol–water partition coefficient (Wildman–Crippen LogP) is 3.46. The van der Waals surface area contributed by atoms with Crippen LogP contribution in [-0.4, -0.2) is 27.5 Å². The van der Waals surface area contributed by atoms with Crippen LogP contribution < -0.4 is 0 Å². The molecule has 1 aliphatic heterocycles. The predicted molar refractivity (Wildman–Crippen MR) is 78.7 cm³/mol. The van der Waals surface area contributed by atoms with Gasteiger partial charge in [0.25, 0.3) is 0 Å². The molecule has 1 aromatic carbocycles. The standard InChI is InChI=1S/C15H16ClN3O2/c1-2-12(19-8-4-7-13(19)20)15-17-14(18-21-15)10-5-3-6-11(16)9-10/h3,5-6,9,12H,2,4,7-8H2,1H3. The highest BCUT2D eigenvalue weighted by Crippen LogP contribution is 2.29. The van der Waals surface area contributed by atoms with Gasteiger partial charge < -0.3 is 9.42 Å². The van der Waals surface area contributed by atoms with E-state index in [1.54, 1.807) is 12.1 Å². The van der Waals surface area contributed by atoms with Crippen LogP contribution in [0.5, 0.6) is 0 Å². The second-order valence-corrected chi connectivity index (χ2v) is 5.52. The zero-order chi connectivity index (χ0) is 14.8. The fourth-order valence-corrected chi connectivity index (χ4v) is 2.83. The summed E-state index contributed by atoms with van der Waals surface area (Å²) in [6.45, 7) is 2.77. The number of benzene rings is 1. The zero-order valence-corrected chi connectivity index (χ0v) is 12.5. The number of nitrogens with zero attached hydrogens (tertiary/aromatic N) is 3. The minimum absolute atomic E-state index is 0.138. The number of rotatable bonds is 4. The van der Waals surface area contributed by atoms with Gasteiger partial charge in [-0.05, 0) is 25.0 Å². The topological polar surface area (TPSA) is 59.2 Å². The SMILES string of the molecule is CCC(c1nc(-c2cccc(Cl)c2)no1)N1CCCC1=O. The van der Waals surface area contributed by atoms with Gasteiger partial charge in [0.05, 0.1) is 0 Å². The molecule has 1 aliphatic rings. The largest absolute Gasteiger partial charge is 0.337 e. The summed E-state index contributed by atoms with van der Waals surface area (Å²) in [5, 5.41) is 4.64. The van der Waals surface area contributed by atoms with Crippen molar-refractivity contribution in [2.45, 2.75) is 32.2 Å². The number of aromatic nitrogens is 2. The third-order valence-electron chi connectivity index (χ3n) is 3.68. The van der Waals surface area contributed by atoms with Crippen molar-refractivity contribution in [2.75, 3.05) is 6.54 Å². The Hall–Kier alpha value is -1.88. The average molecular weight is 306 g/mol. The van der Waals surface area contributed by atoms with Gasteiger partial charge in [0.1, 0.15) is 6.04 Å². The van der Waals surface area contributed by atoms with Gasteiger partial charge in [-0.3, -0.25) is 4.79 Å². The van der Waals surface area contributed by atoms with Crippen LogP contribution in [-0.2, 0) is 4.79 Å². The molecule has 110 valence electrons. The van der Waals surface area contributed by atoms with Crippen LogP contribution >= 0.6 is 11.6 Å². The number of likely N-dealkylation sites (tertiary alicyclic amines) is 1. The van der Waals surface area contributed by atoms with Gasteiger partial charge in [-0.25, -0.2) is 0 Å². The second kappa shape index (κ2) is 5.85. The third kappa shape index (κ3) is 2.78. The molecule has 1 saturated heterocycles. The van der Waals surface area contributed by atoms with Gasteiger partial charge >= 0.3 is 0 Å². The Bertz CT molecular complexity index is 656. The molecule has 0 saturated carbocycles. The molecule has 0 spiro atoms. The number of amides is 1. The van der Waals surface area contributed by atoms with Crippen LogP contribution in [0.3, 0.4) is 0 Å². The number of carbonyl (C=O) groups is 1. The summed E-state index contributed by atoms with van der Waals surface area (Å²) in [6.07, 6.45) is 2.25. The van der Waals surface area contributed by atoms with E-state index < -0.39 is 0 Å². The van der Waals surface area contributed by atoms with Gasteiger partial charge in [-0.2, -0.15) is 4.98 Å². The van der Waals surface area contributed by atoms with Crippen LogP contribution in [0.1, 0.15) is 38.1 Å². The van der Waals surface area contributed by atoms with E-state index in [2.05, 4.69) is 10.1 Å². The molecule has 0 N–H and O–H groups in total. The molecule has 1 aromatic heterocycles. The smallest absolute Gasteiger partial charge is 0.249 e. The van der Waals surface area contributed by atoms with E-state index in [4.69, 9.17) is 16.1 Å². The number of carbonyl (C=O) groups excluding carboxylic acids is 1. The number of halogens is 1. The molecule has 1 atom stereocenters. The molecular weight excluding hydrogens is 290 g/mol. The summed E-state index contributed by atoms with van der Waals surface area (Å²) in [5.41, 5.74) is 0.806. The summed E-state index contributed by atoms with van der Waals surface area (Å²) in [7, 11) is 0. The van der Waals surface area contributed by atoms with E-state index in [9.17, 15) is 4.79 Å². The lowest BCUT2D eigenvalue weighted by Crippen LogP contribution is -2.29. The zero-order valence-electron chi connectivity index (χ0n) is 11.8. The molecule has 0 bridgehead atoms. The Morgan fingerprint density at radius 3 is 3.00 bits per heavy atom. The first-order valence-corrected chi connectivity index (χ1v) is 7.46. The first-order valence-electron chi connectivity index (χ1n) is 7.08. The summed E-state index contributed by atoms with van der Waals surface area (Å²) < 4.78 is 5.37. The monoisotopic (exact) mass is 305 g/mol. The Labute approximate surface area is 127 Å². The second-order valence-electron chi connectivity index (χ2n) is 5.08. The van der Waals surface area contributed by atoms with E-state index in [0.29, 0.717) is 23.2 Å². The number of hydrogen-bond acceptors (Lipinski definition) is 4. The van der Waals surface area contributed by atoms with Crippen molar-refractivity contribution in [3.8, 4) is 11.4 Å². The fraction of sp³-hybridized carbons (Fsp3) is 0.400. The summed E-state index contributed by atoms with van der Waals surface area (Å²) in [6, 6.07) is 7.17. The molecule has 6 heteroatoms. The van der Waals surface area contributed by atoms with Crippen molar-refractivity contribution in [1.29, 1.82) is 0 Å². The van der Waals surface area contributed by atoms with Gasteiger partial charge in [0.2, 0.25) is 17.6 Å². The highest BCUT2D eigenvalue weighted by molar-refractivity contribution is 6.30. The molecule has 0 aliphatic carbocycles. The lowest BCUT2D eigenvalue weighted by atomic mass is 10.2. The average Bonchev–Trinajstić information content (AvgIpc) is 3.11. The molecule has 1 amide bonds. The molecule has 5 nitrogen and oxygen atoms in total. The number of hydrogen-bond donors (Lipinski definition) is 0. The van der Waals surface area contributed by atoms with Crippen molar-refractivity contribution in [3.05, 3.63) is 35.2 Å². The quantitative estimate of drug-likeness (QED) is 0.868. The minimum atomic E-state index is -0.138. The normalized spacial score (nSPS) is 16.5. The van der Waals surface area contributed by atoms with E-state index in [1.807, 2.05) is 24.0 Å². The van der Waals surface area contributed by atoms with Crippen molar-refractivity contribution >= 4 is 17.5 Å². The molecule has 21 heavy (non-hydrogen) atoms. The molecular formula is C15H16ClN3O2. The molecule has 2 heterocycles. The van der Waals surface area contributed by atoms with Crippen LogP contribution in [0.4, 0.5) is 0 Å². The summed E-state index contributed by atoms with van der Waals surface area (Å²) in [4.78, 5) is 18.2. The molecule has 3 rings (SSSR count). The first-order chi connectivity index (χ1) is 10.2. The van der Waals surface area contributed by atoms with Crippen molar-refractivity contribution in [3.63, 3.8) is 0 Å². The molecule has 1 fully saturated rings.